The first-order chi connectivity index (χ1) is 10.7. The third kappa shape index (κ3) is 4.28. The van der Waals surface area contributed by atoms with Crippen molar-refractivity contribution in [2.24, 2.45) is 0 Å². The number of nitrogens with zero attached hydrogens (tertiary/aromatic N) is 2. The molecule has 1 aromatic heterocycles. The van der Waals surface area contributed by atoms with Crippen molar-refractivity contribution in [3.05, 3.63) is 42.2 Å². The number of benzene rings is 1. The second-order valence-electron chi connectivity index (χ2n) is 6.32. The van der Waals surface area contributed by atoms with E-state index in [0.717, 1.165) is 18.2 Å². The van der Waals surface area contributed by atoms with E-state index in [9.17, 15) is 13.6 Å². The number of anilines is 2. The fraction of sp³-hybridized carbons (Fsp3) is 0.375. The lowest BCUT2D eigenvalue weighted by Gasteiger charge is -2.19. The largest absolute Gasteiger partial charge is 0.371 e. The Labute approximate surface area is 133 Å². The molecule has 2 N–H and O–H groups in total. The summed E-state index contributed by atoms with van der Waals surface area (Å²) in [6.07, 6.45) is 3.39. The third-order valence-corrected chi connectivity index (χ3v) is 3.23. The minimum atomic E-state index is -0.687. The van der Waals surface area contributed by atoms with Gasteiger partial charge >= 0.3 is 0 Å². The first-order valence-corrected chi connectivity index (χ1v) is 7.24. The maximum absolute atomic E-state index is 13.5. The predicted octanol–water partition coefficient (Wildman–Crippen LogP) is 3.36. The Balaban J connectivity index is 2.03. The molecule has 0 spiro atoms. The summed E-state index contributed by atoms with van der Waals surface area (Å²) in [4.78, 5) is 12.1. The van der Waals surface area contributed by atoms with Crippen molar-refractivity contribution in [3.63, 3.8) is 0 Å². The molecule has 23 heavy (non-hydrogen) atoms. The van der Waals surface area contributed by atoms with Crippen LogP contribution in [0, 0.1) is 11.6 Å². The Morgan fingerprint density at radius 2 is 2.00 bits per heavy atom. The number of carbonyl (C=O) groups excluding carboxylic acids is 1. The number of rotatable bonds is 4. The van der Waals surface area contributed by atoms with Gasteiger partial charge in [0.2, 0.25) is 5.91 Å². The van der Waals surface area contributed by atoms with Crippen LogP contribution in [0.15, 0.2) is 30.6 Å². The normalized spacial score (nSPS) is 12.8. The minimum absolute atomic E-state index is 0.171. The summed E-state index contributed by atoms with van der Waals surface area (Å²) < 4.78 is 28.4. The van der Waals surface area contributed by atoms with Crippen LogP contribution in [0.3, 0.4) is 0 Å². The molecule has 1 amide bonds. The molecule has 1 aromatic carbocycles. The van der Waals surface area contributed by atoms with Crippen LogP contribution >= 0.6 is 0 Å². The standard InChI is InChI=1S/C16H20F2N4O/c1-10(20-12-8-19-22(9-12)16(2,3)4)15(23)21-14-7-11(17)5-6-13(14)18/h5-10,20H,1-4H3,(H,21,23). The monoisotopic (exact) mass is 322 g/mol. The molecule has 7 heteroatoms. The lowest BCUT2D eigenvalue weighted by atomic mass is 10.1. The zero-order valence-electron chi connectivity index (χ0n) is 13.5. The Hall–Kier alpha value is -2.44. The van der Waals surface area contributed by atoms with Gasteiger partial charge in [0.25, 0.3) is 0 Å². The highest BCUT2D eigenvalue weighted by molar-refractivity contribution is 5.96. The SMILES string of the molecule is CC(Nc1cnn(C(C)(C)C)c1)C(=O)Nc1cc(F)ccc1F. The van der Waals surface area contributed by atoms with Crippen molar-refractivity contribution in [1.29, 1.82) is 0 Å². The summed E-state index contributed by atoms with van der Waals surface area (Å²) in [7, 11) is 0. The second-order valence-corrected chi connectivity index (χ2v) is 6.32. The first kappa shape index (κ1) is 16.9. The Bertz CT molecular complexity index is 706. The van der Waals surface area contributed by atoms with Crippen molar-refractivity contribution < 1.29 is 13.6 Å². The molecule has 0 aliphatic carbocycles. The molecule has 124 valence electrons. The molecule has 0 bridgehead atoms. The van der Waals surface area contributed by atoms with Gasteiger partial charge in [-0.05, 0) is 39.8 Å². The average molecular weight is 322 g/mol. The number of aromatic nitrogens is 2. The molecule has 0 saturated carbocycles. The molecule has 2 aromatic rings. The van der Waals surface area contributed by atoms with Crippen LogP contribution in [0.1, 0.15) is 27.7 Å². The molecule has 0 aliphatic heterocycles. The zero-order valence-corrected chi connectivity index (χ0v) is 13.5. The number of halogens is 2. The van der Waals surface area contributed by atoms with Gasteiger partial charge in [-0.25, -0.2) is 8.78 Å². The topological polar surface area (TPSA) is 59.0 Å². The second kappa shape index (κ2) is 6.36. The van der Waals surface area contributed by atoms with Crippen molar-refractivity contribution in [1.82, 2.24) is 9.78 Å². The molecule has 0 radical (unpaired) electrons. The van der Waals surface area contributed by atoms with E-state index in [1.54, 1.807) is 24.0 Å². The number of carbonyl (C=O) groups is 1. The Morgan fingerprint density at radius 3 is 2.61 bits per heavy atom. The lowest BCUT2D eigenvalue weighted by Crippen LogP contribution is -2.32. The third-order valence-electron chi connectivity index (χ3n) is 3.23. The van der Waals surface area contributed by atoms with Gasteiger partial charge in [-0.2, -0.15) is 5.10 Å². The lowest BCUT2D eigenvalue weighted by molar-refractivity contribution is -0.116. The average Bonchev–Trinajstić information content (AvgIpc) is 2.91. The van der Waals surface area contributed by atoms with Gasteiger partial charge < -0.3 is 10.6 Å². The summed E-state index contributed by atoms with van der Waals surface area (Å²) in [6.45, 7) is 7.65. The van der Waals surface area contributed by atoms with Crippen LogP contribution in [0.25, 0.3) is 0 Å². The molecule has 0 saturated heterocycles. The summed E-state index contributed by atoms with van der Waals surface area (Å²) >= 11 is 0. The smallest absolute Gasteiger partial charge is 0.246 e. The molecule has 0 fully saturated rings. The summed E-state index contributed by atoms with van der Waals surface area (Å²) in [6, 6.07) is 2.26. The molecular formula is C16H20F2N4O. The molecule has 0 aliphatic rings. The van der Waals surface area contributed by atoms with E-state index >= 15 is 0 Å². The van der Waals surface area contributed by atoms with E-state index in [2.05, 4.69) is 15.7 Å². The number of hydrogen-bond acceptors (Lipinski definition) is 3. The van der Waals surface area contributed by atoms with Crippen LogP contribution in [0.4, 0.5) is 20.2 Å². The van der Waals surface area contributed by atoms with Crippen LogP contribution in [-0.2, 0) is 10.3 Å². The highest BCUT2D eigenvalue weighted by atomic mass is 19.1. The van der Waals surface area contributed by atoms with Gasteiger partial charge in [0.15, 0.2) is 0 Å². The molecule has 5 nitrogen and oxygen atoms in total. The van der Waals surface area contributed by atoms with Crippen molar-refractivity contribution in [3.8, 4) is 0 Å². The fourth-order valence-electron chi connectivity index (χ4n) is 1.91. The fourth-order valence-corrected chi connectivity index (χ4v) is 1.91. The van der Waals surface area contributed by atoms with E-state index in [1.165, 1.54) is 0 Å². The van der Waals surface area contributed by atoms with Crippen LogP contribution in [0.5, 0.6) is 0 Å². The van der Waals surface area contributed by atoms with E-state index < -0.39 is 23.6 Å². The number of hydrogen-bond donors (Lipinski definition) is 2. The summed E-state index contributed by atoms with van der Waals surface area (Å²) in [5.41, 5.74) is 0.312. The predicted molar refractivity (Wildman–Crippen MR) is 85.3 cm³/mol. The van der Waals surface area contributed by atoms with Crippen molar-refractivity contribution in [2.45, 2.75) is 39.3 Å². The Morgan fingerprint density at radius 1 is 1.30 bits per heavy atom. The van der Waals surface area contributed by atoms with Gasteiger partial charge in [0.1, 0.15) is 17.7 Å². The van der Waals surface area contributed by atoms with Crippen molar-refractivity contribution >= 4 is 17.3 Å². The van der Waals surface area contributed by atoms with Gasteiger partial charge in [0, 0.05) is 12.3 Å². The summed E-state index contributed by atoms with van der Waals surface area (Å²) in [5, 5.41) is 9.56. The van der Waals surface area contributed by atoms with Crippen LogP contribution in [-0.4, -0.2) is 21.7 Å². The molecule has 1 unspecified atom stereocenters. The molecular weight excluding hydrogens is 302 g/mol. The number of amides is 1. The van der Waals surface area contributed by atoms with E-state index in [0.29, 0.717) is 5.69 Å². The molecule has 2 rings (SSSR count). The molecule has 1 heterocycles. The number of nitrogens with one attached hydrogen (secondary N) is 2. The van der Waals surface area contributed by atoms with E-state index in [-0.39, 0.29) is 11.2 Å². The maximum atomic E-state index is 13.5. The maximum Gasteiger partial charge on any atom is 0.246 e. The van der Waals surface area contributed by atoms with Gasteiger partial charge in [-0.3, -0.25) is 9.48 Å². The van der Waals surface area contributed by atoms with Gasteiger partial charge in [0.05, 0.1) is 23.1 Å². The summed E-state index contributed by atoms with van der Waals surface area (Å²) in [5.74, 6) is -1.78. The van der Waals surface area contributed by atoms with Crippen molar-refractivity contribution in [2.75, 3.05) is 10.6 Å². The molecule has 1 atom stereocenters. The van der Waals surface area contributed by atoms with Crippen LogP contribution in [0.2, 0.25) is 0 Å². The van der Waals surface area contributed by atoms with Gasteiger partial charge in [-0.1, -0.05) is 0 Å². The van der Waals surface area contributed by atoms with E-state index in [1.807, 2.05) is 20.8 Å². The quantitative estimate of drug-likeness (QED) is 0.907. The van der Waals surface area contributed by atoms with Crippen LogP contribution < -0.4 is 10.6 Å². The first-order valence-electron chi connectivity index (χ1n) is 7.24. The van der Waals surface area contributed by atoms with E-state index in [4.69, 9.17) is 0 Å². The zero-order chi connectivity index (χ0) is 17.2. The highest BCUT2D eigenvalue weighted by Gasteiger charge is 2.18. The Kier molecular flexibility index (Phi) is 4.68. The van der Waals surface area contributed by atoms with Gasteiger partial charge in [-0.15, -0.1) is 0 Å². The highest BCUT2D eigenvalue weighted by Crippen LogP contribution is 2.18. The minimum Gasteiger partial charge on any atom is -0.371 e.